The quantitative estimate of drug-likeness (QED) is 0.896. The van der Waals surface area contributed by atoms with Crippen LogP contribution >= 0.6 is 0 Å². The van der Waals surface area contributed by atoms with Crippen molar-refractivity contribution >= 4 is 5.97 Å². The number of aromatic nitrogens is 2. The highest BCUT2D eigenvalue weighted by molar-refractivity contribution is 5.87. The van der Waals surface area contributed by atoms with E-state index in [2.05, 4.69) is 9.97 Å². The van der Waals surface area contributed by atoms with Crippen molar-refractivity contribution in [1.82, 2.24) is 9.97 Å². The van der Waals surface area contributed by atoms with E-state index in [9.17, 15) is 9.90 Å². The smallest absolute Gasteiger partial charge is 0.354 e. The first-order valence-electron chi connectivity index (χ1n) is 6.06. The molecule has 0 bridgehead atoms. The van der Waals surface area contributed by atoms with Gasteiger partial charge in [0.15, 0.2) is 11.5 Å². The molecule has 19 heavy (non-hydrogen) atoms. The van der Waals surface area contributed by atoms with Crippen molar-refractivity contribution in [2.75, 3.05) is 0 Å². The maximum atomic E-state index is 11.2. The Labute approximate surface area is 112 Å². The van der Waals surface area contributed by atoms with Crippen LogP contribution in [0.5, 0.6) is 0 Å². The summed E-state index contributed by atoms with van der Waals surface area (Å²) < 4.78 is 0. The molecule has 0 unspecified atom stereocenters. The van der Waals surface area contributed by atoms with Gasteiger partial charge in [-0.2, -0.15) is 0 Å². The van der Waals surface area contributed by atoms with Crippen LogP contribution in [0.15, 0.2) is 18.2 Å². The fourth-order valence-corrected chi connectivity index (χ4v) is 2.02. The standard InChI is InChI=1S/C15H16N2O2/c1-8-5-6-12(9(2)7-8)14-16-11(4)10(3)13(17-14)15(18)19/h5-7H,1-4H3,(H,18,19). The van der Waals surface area contributed by atoms with Crippen molar-refractivity contribution in [3.63, 3.8) is 0 Å². The van der Waals surface area contributed by atoms with Gasteiger partial charge >= 0.3 is 5.97 Å². The van der Waals surface area contributed by atoms with Crippen molar-refractivity contribution < 1.29 is 9.90 Å². The molecule has 0 aliphatic heterocycles. The Morgan fingerprint density at radius 2 is 1.79 bits per heavy atom. The molecule has 1 N–H and O–H groups in total. The monoisotopic (exact) mass is 256 g/mol. The first-order valence-corrected chi connectivity index (χ1v) is 6.06. The lowest BCUT2D eigenvalue weighted by Crippen LogP contribution is -2.08. The number of rotatable bonds is 2. The average Bonchev–Trinajstić information content (AvgIpc) is 2.32. The first kappa shape index (κ1) is 13.2. The van der Waals surface area contributed by atoms with Gasteiger partial charge in [0.25, 0.3) is 0 Å². The summed E-state index contributed by atoms with van der Waals surface area (Å²) >= 11 is 0. The van der Waals surface area contributed by atoms with Crippen LogP contribution in [0.3, 0.4) is 0 Å². The van der Waals surface area contributed by atoms with Gasteiger partial charge in [0.2, 0.25) is 0 Å². The number of nitrogens with zero attached hydrogens (tertiary/aromatic N) is 2. The highest BCUT2D eigenvalue weighted by Crippen LogP contribution is 2.23. The molecule has 0 saturated heterocycles. The van der Waals surface area contributed by atoms with Gasteiger partial charge in [0.05, 0.1) is 0 Å². The summed E-state index contributed by atoms with van der Waals surface area (Å²) in [6.45, 7) is 7.52. The molecule has 0 saturated carbocycles. The summed E-state index contributed by atoms with van der Waals surface area (Å²) in [5, 5.41) is 9.18. The van der Waals surface area contributed by atoms with E-state index >= 15 is 0 Å². The number of benzene rings is 1. The topological polar surface area (TPSA) is 63.1 Å². The van der Waals surface area contributed by atoms with Crippen molar-refractivity contribution in [1.29, 1.82) is 0 Å². The average molecular weight is 256 g/mol. The van der Waals surface area contributed by atoms with Gasteiger partial charge in [0, 0.05) is 16.8 Å². The molecule has 1 aromatic carbocycles. The number of aromatic carboxylic acids is 1. The molecule has 0 radical (unpaired) electrons. The van der Waals surface area contributed by atoms with Crippen LogP contribution in [-0.2, 0) is 0 Å². The Balaban J connectivity index is 2.66. The van der Waals surface area contributed by atoms with Crippen LogP contribution in [0.25, 0.3) is 11.4 Å². The molecule has 0 atom stereocenters. The van der Waals surface area contributed by atoms with Gasteiger partial charge in [-0.1, -0.05) is 23.8 Å². The van der Waals surface area contributed by atoms with Gasteiger partial charge < -0.3 is 5.11 Å². The third-order valence-corrected chi connectivity index (χ3v) is 3.21. The number of hydrogen-bond donors (Lipinski definition) is 1. The highest BCUT2D eigenvalue weighted by Gasteiger charge is 2.15. The van der Waals surface area contributed by atoms with E-state index in [4.69, 9.17) is 0 Å². The Morgan fingerprint density at radius 3 is 2.37 bits per heavy atom. The molecule has 4 heteroatoms. The van der Waals surface area contributed by atoms with Crippen LogP contribution in [0.4, 0.5) is 0 Å². The van der Waals surface area contributed by atoms with Crippen molar-refractivity contribution in [3.05, 3.63) is 46.3 Å². The maximum Gasteiger partial charge on any atom is 0.354 e. The second-order valence-corrected chi connectivity index (χ2v) is 4.73. The molecule has 0 aliphatic carbocycles. The van der Waals surface area contributed by atoms with E-state index in [0.717, 1.165) is 16.7 Å². The van der Waals surface area contributed by atoms with Crippen LogP contribution < -0.4 is 0 Å². The van der Waals surface area contributed by atoms with Crippen molar-refractivity contribution in [3.8, 4) is 11.4 Å². The molecule has 4 nitrogen and oxygen atoms in total. The lowest BCUT2D eigenvalue weighted by molar-refractivity contribution is 0.0689. The van der Waals surface area contributed by atoms with Gasteiger partial charge in [-0.25, -0.2) is 14.8 Å². The minimum Gasteiger partial charge on any atom is -0.477 e. The number of carboxylic acids is 1. The minimum atomic E-state index is -1.02. The number of hydrogen-bond acceptors (Lipinski definition) is 3. The van der Waals surface area contributed by atoms with Crippen molar-refractivity contribution in [2.24, 2.45) is 0 Å². The SMILES string of the molecule is Cc1ccc(-c2nc(C)c(C)c(C(=O)O)n2)c(C)c1. The van der Waals surface area contributed by atoms with Gasteiger partial charge in [-0.3, -0.25) is 0 Å². The summed E-state index contributed by atoms with van der Waals surface area (Å²) in [6, 6.07) is 5.94. The van der Waals surface area contributed by atoms with E-state index in [-0.39, 0.29) is 5.69 Å². The Bertz CT molecular complexity index is 663. The number of carboxylic acid groups (broad SMARTS) is 1. The number of aryl methyl sites for hydroxylation is 3. The molecular weight excluding hydrogens is 240 g/mol. The zero-order chi connectivity index (χ0) is 14.2. The fraction of sp³-hybridized carbons (Fsp3) is 0.267. The van der Waals surface area contributed by atoms with E-state index in [1.54, 1.807) is 13.8 Å². The van der Waals surface area contributed by atoms with E-state index < -0.39 is 5.97 Å². The first-order chi connectivity index (χ1) is 8.90. The lowest BCUT2D eigenvalue weighted by atomic mass is 10.0. The normalized spacial score (nSPS) is 10.5. The van der Waals surface area contributed by atoms with Gasteiger partial charge in [0.1, 0.15) is 0 Å². The Morgan fingerprint density at radius 1 is 1.11 bits per heavy atom. The van der Waals surface area contributed by atoms with Crippen LogP contribution in [0, 0.1) is 27.7 Å². The number of carbonyl (C=O) groups is 1. The molecule has 98 valence electrons. The van der Waals surface area contributed by atoms with Crippen LogP contribution in [0.2, 0.25) is 0 Å². The van der Waals surface area contributed by atoms with Gasteiger partial charge in [-0.05, 0) is 33.3 Å². The van der Waals surface area contributed by atoms with Crippen LogP contribution in [0.1, 0.15) is 32.9 Å². The second-order valence-electron chi connectivity index (χ2n) is 4.73. The molecule has 2 rings (SSSR count). The van der Waals surface area contributed by atoms with Crippen molar-refractivity contribution in [2.45, 2.75) is 27.7 Å². The molecule has 0 aliphatic rings. The van der Waals surface area contributed by atoms with E-state index in [0.29, 0.717) is 17.1 Å². The molecule has 0 fully saturated rings. The fourth-order valence-electron chi connectivity index (χ4n) is 2.02. The minimum absolute atomic E-state index is 0.0717. The summed E-state index contributed by atoms with van der Waals surface area (Å²) in [7, 11) is 0. The summed E-state index contributed by atoms with van der Waals surface area (Å²) in [5.74, 6) is -0.549. The summed E-state index contributed by atoms with van der Waals surface area (Å²) in [4.78, 5) is 19.8. The molecule has 0 spiro atoms. The molecular formula is C15H16N2O2. The maximum absolute atomic E-state index is 11.2. The molecule has 0 amide bonds. The zero-order valence-electron chi connectivity index (χ0n) is 11.5. The third-order valence-electron chi connectivity index (χ3n) is 3.21. The largest absolute Gasteiger partial charge is 0.477 e. The second kappa shape index (κ2) is 4.80. The Kier molecular flexibility index (Phi) is 3.34. The van der Waals surface area contributed by atoms with E-state index in [1.807, 2.05) is 32.0 Å². The molecule has 2 aromatic rings. The van der Waals surface area contributed by atoms with Crippen LogP contribution in [-0.4, -0.2) is 21.0 Å². The molecule has 1 heterocycles. The van der Waals surface area contributed by atoms with E-state index in [1.165, 1.54) is 0 Å². The Hall–Kier alpha value is -2.23. The van der Waals surface area contributed by atoms with Gasteiger partial charge in [-0.15, -0.1) is 0 Å². The predicted octanol–water partition coefficient (Wildman–Crippen LogP) is 3.08. The summed E-state index contributed by atoms with van der Waals surface area (Å²) in [5.41, 5.74) is 4.45. The lowest BCUT2D eigenvalue weighted by Gasteiger charge is -2.10. The predicted molar refractivity (Wildman–Crippen MR) is 73.4 cm³/mol. The third kappa shape index (κ3) is 2.47. The zero-order valence-corrected chi connectivity index (χ0v) is 11.5. The molecule has 1 aromatic heterocycles. The summed E-state index contributed by atoms with van der Waals surface area (Å²) in [6.07, 6.45) is 0. The highest BCUT2D eigenvalue weighted by atomic mass is 16.4.